The maximum absolute atomic E-state index is 13.6. The highest BCUT2D eigenvalue weighted by atomic mass is 32.2. The molecule has 138 valence electrons. The van der Waals surface area contributed by atoms with Crippen LogP contribution in [0.25, 0.3) is 11.5 Å². The minimum atomic E-state index is -0.560. The Hall–Kier alpha value is -3.07. The molecule has 1 aliphatic heterocycles. The standard InChI is InChI=1S/C18H14FN3O4S/c1-10(16(23)20-13-5-3-2-4-12(13)19)27-18-22-21-17(26-18)11-6-7-14-15(8-11)25-9-24-14/h2-8,10H,9H2,1H3,(H,20,23)/t10-/m0/s1. The summed E-state index contributed by atoms with van der Waals surface area (Å²) in [5.41, 5.74) is 0.809. The highest BCUT2D eigenvalue weighted by molar-refractivity contribution is 8.00. The number of halogens is 1. The van der Waals surface area contributed by atoms with Gasteiger partial charge in [0.25, 0.3) is 5.22 Å². The van der Waals surface area contributed by atoms with Crippen LogP contribution in [-0.2, 0) is 4.79 Å². The monoisotopic (exact) mass is 387 g/mol. The lowest BCUT2D eigenvalue weighted by Gasteiger charge is -2.10. The van der Waals surface area contributed by atoms with E-state index < -0.39 is 11.1 Å². The Labute approximate surface area is 157 Å². The SMILES string of the molecule is C[C@H](Sc1nnc(-c2ccc3c(c2)OCO3)o1)C(=O)Nc1ccccc1F. The molecule has 27 heavy (non-hydrogen) atoms. The van der Waals surface area contributed by atoms with Crippen molar-refractivity contribution in [1.29, 1.82) is 0 Å². The number of hydrogen-bond donors (Lipinski definition) is 1. The van der Waals surface area contributed by atoms with Crippen molar-refractivity contribution in [2.24, 2.45) is 0 Å². The average Bonchev–Trinajstić information content (AvgIpc) is 3.32. The lowest BCUT2D eigenvalue weighted by Crippen LogP contribution is -2.22. The molecule has 1 N–H and O–H groups in total. The quantitative estimate of drug-likeness (QED) is 0.668. The highest BCUT2D eigenvalue weighted by Gasteiger charge is 2.21. The second-order valence-electron chi connectivity index (χ2n) is 5.67. The topological polar surface area (TPSA) is 86.5 Å². The molecule has 4 rings (SSSR count). The Bertz CT molecular complexity index is 994. The van der Waals surface area contributed by atoms with Crippen LogP contribution < -0.4 is 14.8 Å². The van der Waals surface area contributed by atoms with Gasteiger partial charge in [-0.2, -0.15) is 0 Å². The van der Waals surface area contributed by atoms with Gasteiger partial charge in [-0.25, -0.2) is 4.39 Å². The third kappa shape index (κ3) is 3.72. The Morgan fingerprint density at radius 2 is 2.00 bits per heavy atom. The summed E-state index contributed by atoms with van der Waals surface area (Å²) in [4.78, 5) is 12.3. The number of carbonyl (C=O) groups is 1. The number of fused-ring (bicyclic) bond motifs is 1. The number of amides is 1. The van der Waals surface area contributed by atoms with Crippen molar-refractivity contribution >= 4 is 23.4 Å². The molecule has 0 spiro atoms. The van der Waals surface area contributed by atoms with Crippen LogP contribution in [0.1, 0.15) is 6.92 Å². The Balaban J connectivity index is 1.43. The lowest BCUT2D eigenvalue weighted by molar-refractivity contribution is -0.115. The van der Waals surface area contributed by atoms with Crippen LogP contribution in [0.3, 0.4) is 0 Å². The summed E-state index contributed by atoms with van der Waals surface area (Å²) in [5, 5.41) is 10.2. The largest absolute Gasteiger partial charge is 0.454 e. The zero-order chi connectivity index (χ0) is 18.8. The van der Waals surface area contributed by atoms with E-state index in [1.165, 1.54) is 12.1 Å². The number of ether oxygens (including phenoxy) is 2. The summed E-state index contributed by atoms with van der Waals surface area (Å²) in [6.07, 6.45) is 0. The summed E-state index contributed by atoms with van der Waals surface area (Å²) in [6, 6.07) is 11.3. The predicted molar refractivity (Wildman–Crippen MR) is 96.2 cm³/mol. The average molecular weight is 387 g/mol. The van der Waals surface area contributed by atoms with Crippen LogP contribution in [0.15, 0.2) is 52.1 Å². The van der Waals surface area contributed by atoms with Gasteiger partial charge in [-0.05, 0) is 37.3 Å². The van der Waals surface area contributed by atoms with Crippen molar-refractivity contribution in [2.45, 2.75) is 17.4 Å². The second-order valence-corrected chi connectivity index (χ2v) is 6.96. The first-order valence-corrected chi connectivity index (χ1v) is 8.94. The minimum Gasteiger partial charge on any atom is -0.454 e. The van der Waals surface area contributed by atoms with E-state index in [0.717, 1.165) is 11.8 Å². The fourth-order valence-corrected chi connectivity index (χ4v) is 3.09. The molecule has 9 heteroatoms. The van der Waals surface area contributed by atoms with Gasteiger partial charge in [-0.3, -0.25) is 4.79 Å². The molecule has 0 fully saturated rings. The van der Waals surface area contributed by atoms with Gasteiger partial charge in [-0.1, -0.05) is 23.9 Å². The molecule has 0 aliphatic carbocycles. The van der Waals surface area contributed by atoms with Crippen LogP contribution in [0.2, 0.25) is 0 Å². The minimum absolute atomic E-state index is 0.126. The molecule has 2 aromatic carbocycles. The smallest absolute Gasteiger partial charge is 0.277 e. The van der Waals surface area contributed by atoms with Gasteiger partial charge in [0.05, 0.1) is 10.9 Å². The van der Waals surface area contributed by atoms with Crippen LogP contribution >= 0.6 is 11.8 Å². The lowest BCUT2D eigenvalue weighted by atomic mass is 10.2. The molecule has 0 saturated heterocycles. The zero-order valence-corrected chi connectivity index (χ0v) is 15.0. The molecule has 1 atom stereocenters. The number of nitrogens with one attached hydrogen (secondary N) is 1. The van der Waals surface area contributed by atoms with Crippen molar-refractivity contribution in [3.63, 3.8) is 0 Å². The predicted octanol–water partition coefficient (Wildman–Crippen LogP) is 3.72. The Morgan fingerprint density at radius 1 is 1.19 bits per heavy atom. The number of benzene rings is 2. The van der Waals surface area contributed by atoms with E-state index in [4.69, 9.17) is 13.9 Å². The summed E-state index contributed by atoms with van der Waals surface area (Å²) < 4.78 is 29.9. The van der Waals surface area contributed by atoms with E-state index in [1.54, 1.807) is 37.3 Å². The number of thioether (sulfide) groups is 1. The molecule has 0 bridgehead atoms. The van der Waals surface area contributed by atoms with Crippen LogP contribution in [0.5, 0.6) is 11.5 Å². The molecule has 0 radical (unpaired) electrons. The molecule has 1 amide bonds. The van der Waals surface area contributed by atoms with Crippen LogP contribution in [0.4, 0.5) is 10.1 Å². The van der Waals surface area contributed by atoms with Gasteiger partial charge in [0.15, 0.2) is 11.5 Å². The molecule has 2 heterocycles. The van der Waals surface area contributed by atoms with E-state index in [0.29, 0.717) is 23.0 Å². The summed E-state index contributed by atoms with van der Waals surface area (Å²) in [6.45, 7) is 1.85. The van der Waals surface area contributed by atoms with E-state index in [-0.39, 0.29) is 23.6 Å². The Morgan fingerprint density at radius 3 is 2.85 bits per heavy atom. The molecule has 1 aliphatic rings. The molecule has 1 aromatic heterocycles. The fraction of sp³-hybridized carbons (Fsp3) is 0.167. The van der Waals surface area contributed by atoms with E-state index >= 15 is 0 Å². The zero-order valence-electron chi connectivity index (χ0n) is 14.1. The van der Waals surface area contributed by atoms with Crippen LogP contribution in [-0.4, -0.2) is 28.1 Å². The van der Waals surface area contributed by atoms with Gasteiger partial charge >= 0.3 is 0 Å². The number of nitrogens with zero attached hydrogens (tertiary/aromatic N) is 2. The molecule has 0 unspecified atom stereocenters. The summed E-state index contributed by atoms with van der Waals surface area (Å²) >= 11 is 1.09. The molecular weight excluding hydrogens is 373 g/mol. The first-order valence-electron chi connectivity index (χ1n) is 8.06. The van der Waals surface area contributed by atoms with E-state index in [9.17, 15) is 9.18 Å². The van der Waals surface area contributed by atoms with Crippen molar-refractivity contribution in [2.75, 3.05) is 12.1 Å². The Kier molecular flexibility index (Phi) is 4.68. The van der Waals surface area contributed by atoms with E-state index in [1.807, 2.05) is 0 Å². The van der Waals surface area contributed by atoms with Crippen molar-refractivity contribution in [1.82, 2.24) is 10.2 Å². The molecule has 0 saturated carbocycles. The first-order chi connectivity index (χ1) is 13.1. The third-order valence-electron chi connectivity index (χ3n) is 3.80. The number of para-hydroxylation sites is 1. The molecule has 3 aromatic rings. The van der Waals surface area contributed by atoms with Gasteiger partial charge in [0.1, 0.15) is 5.82 Å². The van der Waals surface area contributed by atoms with Gasteiger partial charge in [-0.15, -0.1) is 10.2 Å². The van der Waals surface area contributed by atoms with Gasteiger partial charge < -0.3 is 19.2 Å². The van der Waals surface area contributed by atoms with Gasteiger partial charge in [0.2, 0.25) is 18.6 Å². The first kappa shape index (κ1) is 17.3. The van der Waals surface area contributed by atoms with Crippen molar-refractivity contribution < 1.29 is 23.1 Å². The molecular formula is C18H14FN3O4S. The summed E-state index contributed by atoms with van der Waals surface area (Å²) in [5.74, 6) is 0.709. The maximum Gasteiger partial charge on any atom is 0.277 e. The number of anilines is 1. The molecule has 7 nitrogen and oxygen atoms in total. The van der Waals surface area contributed by atoms with Crippen molar-refractivity contribution in [3.05, 3.63) is 48.3 Å². The second kappa shape index (κ2) is 7.28. The maximum atomic E-state index is 13.6. The number of carbonyl (C=O) groups excluding carboxylic acids is 1. The normalized spacial score (nSPS) is 13.4. The van der Waals surface area contributed by atoms with Gasteiger partial charge in [0, 0.05) is 5.56 Å². The highest BCUT2D eigenvalue weighted by Crippen LogP contribution is 2.36. The van der Waals surface area contributed by atoms with Crippen molar-refractivity contribution in [3.8, 4) is 23.0 Å². The number of aromatic nitrogens is 2. The summed E-state index contributed by atoms with van der Waals surface area (Å²) in [7, 11) is 0. The van der Waals surface area contributed by atoms with E-state index in [2.05, 4.69) is 15.5 Å². The van der Waals surface area contributed by atoms with Crippen LogP contribution in [0, 0.1) is 5.82 Å². The third-order valence-corrected chi connectivity index (χ3v) is 4.74. The number of hydrogen-bond acceptors (Lipinski definition) is 7. The fourth-order valence-electron chi connectivity index (χ4n) is 2.41. The number of rotatable bonds is 5.